The SMILES string of the molecule is CN(C)S(=O)(=O)N1CCC2(CC1)CC(C(=O)N1CCN(Cc3ccc(C(C)(C)C)cc3)CC1)=NO2. The third kappa shape index (κ3) is 5.71. The second-order valence-corrected chi connectivity index (χ2v) is 13.3. The van der Waals surface area contributed by atoms with Gasteiger partial charge in [0.1, 0.15) is 11.3 Å². The van der Waals surface area contributed by atoms with E-state index in [0.29, 0.717) is 51.2 Å². The molecule has 1 aromatic carbocycles. The highest BCUT2D eigenvalue weighted by Crippen LogP contribution is 2.36. The lowest BCUT2D eigenvalue weighted by atomic mass is 9.87. The van der Waals surface area contributed by atoms with Crippen molar-refractivity contribution in [1.82, 2.24) is 18.4 Å². The molecule has 3 aliphatic rings. The second-order valence-electron chi connectivity index (χ2n) is 11.2. The van der Waals surface area contributed by atoms with E-state index in [1.807, 2.05) is 4.90 Å². The van der Waals surface area contributed by atoms with Crippen molar-refractivity contribution in [2.75, 3.05) is 53.4 Å². The number of oxime groups is 1. The molecule has 4 rings (SSSR count). The lowest BCUT2D eigenvalue weighted by Gasteiger charge is -2.37. The Morgan fingerprint density at radius 3 is 2.17 bits per heavy atom. The predicted molar refractivity (Wildman–Crippen MR) is 136 cm³/mol. The molecule has 3 aliphatic heterocycles. The molecule has 9 nitrogen and oxygen atoms in total. The molecule has 2 fully saturated rings. The number of piperazine rings is 1. The maximum absolute atomic E-state index is 13.1. The van der Waals surface area contributed by atoms with Crippen LogP contribution in [0.15, 0.2) is 29.4 Å². The van der Waals surface area contributed by atoms with Crippen molar-refractivity contribution in [2.24, 2.45) is 5.16 Å². The fourth-order valence-electron chi connectivity index (χ4n) is 4.92. The zero-order valence-corrected chi connectivity index (χ0v) is 22.5. The number of hydrogen-bond acceptors (Lipinski definition) is 6. The molecule has 0 aliphatic carbocycles. The van der Waals surface area contributed by atoms with Crippen LogP contribution in [-0.4, -0.2) is 97.4 Å². The predicted octanol–water partition coefficient (Wildman–Crippen LogP) is 2.05. The smallest absolute Gasteiger partial charge is 0.281 e. The molecule has 194 valence electrons. The summed E-state index contributed by atoms with van der Waals surface area (Å²) in [5.41, 5.74) is 2.66. The van der Waals surface area contributed by atoms with Crippen molar-refractivity contribution in [2.45, 2.75) is 57.6 Å². The first-order chi connectivity index (χ1) is 16.4. The summed E-state index contributed by atoms with van der Waals surface area (Å²) in [7, 11) is -0.365. The summed E-state index contributed by atoms with van der Waals surface area (Å²) in [4.78, 5) is 23.1. The first-order valence-corrected chi connectivity index (χ1v) is 13.8. The number of carbonyl (C=O) groups is 1. The molecule has 0 N–H and O–H groups in total. The molecule has 0 saturated carbocycles. The van der Waals surface area contributed by atoms with E-state index < -0.39 is 15.8 Å². The Morgan fingerprint density at radius 1 is 1.03 bits per heavy atom. The van der Waals surface area contributed by atoms with Crippen molar-refractivity contribution < 1.29 is 18.0 Å². The highest BCUT2D eigenvalue weighted by molar-refractivity contribution is 7.86. The van der Waals surface area contributed by atoms with Crippen LogP contribution in [0.4, 0.5) is 0 Å². The minimum absolute atomic E-state index is 0.0561. The van der Waals surface area contributed by atoms with Crippen LogP contribution in [-0.2, 0) is 31.8 Å². The van der Waals surface area contributed by atoms with Gasteiger partial charge in [-0.05, 0) is 16.5 Å². The largest absolute Gasteiger partial charge is 0.388 e. The van der Waals surface area contributed by atoms with Gasteiger partial charge >= 0.3 is 0 Å². The van der Waals surface area contributed by atoms with Gasteiger partial charge in [-0.1, -0.05) is 50.2 Å². The maximum atomic E-state index is 13.1. The van der Waals surface area contributed by atoms with E-state index in [4.69, 9.17) is 4.84 Å². The van der Waals surface area contributed by atoms with Gasteiger partial charge in [0.15, 0.2) is 0 Å². The van der Waals surface area contributed by atoms with Crippen molar-refractivity contribution >= 4 is 21.8 Å². The molecule has 35 heavy (non-hydrogen) atoms. The third-order valence-corrected chi connectivity index (χ3v) is 9.33. The van der Waals surface area contributed by atoms with Crippen LogP contribution in [0.5, 0.6) is 0 Å². The Balaban J connectivity index is 1.25. The zero-order valence-electron chi connectivity index (χ0n) is 21.7. The van der Waals surface area contributed by atoms with Crippen molar-refractivity contribution in [3.8, 4) is 0 Å². The number of carbonyl (C=O) groups excluding carboxylic acids is 1. The Kier molecular flexibility index (Phi) is 7.30. The lowest BCUT2D eigenvalue weighted by Crippen LogP contribution is -2.51. The number of amides is 1. The zero-order chi connectivity index (χ0) is 25.4. The molecule has 0 aromatic heterocycles. The van der Waals surface area contributed by atoms with Crippen LogP contribution in [0, 0.1) is 0 Å². The van der Waals surface area contributed by atoms with E-state index in [1.54, 1.807) is 0 Å². The fraction of sp³-hybridized carbons (Fsp3) is 0.680. The Bertz CT molecular complexity index is 1050. The van der Waals surface area contributed by atoms with E-state index in [2.05, 4.69) is 55.1 Å². The summed E-state index contributed by atoms with van der Waals surface area (Å²) in [5, 5.41) is 4.16. The van der Waals surface area contributed by atoms with Gasteiger partial charge in [-0.15, -0.1) is 0 Å². The number of nitrogens with zero attached hydrogens (tertiary/aromatic N) is 5. The van der Waals surface area contributed by atoms with Crippen LogP contribution in [0.2, 0.25) is 0 Å². The van der Waals surface area contributed by atoms with Gasteiger partial charge in [-0.3, -0.25) is 9.69 Å². The molecule has 0 radical (unpaired) electrons. The van der Waals surface area contributed by atoms with E-state index in [-0.39, 0.29) is 11.3 Å². The molecular formula is C25H39N5O4S. The number of piperidine rings is 1. The Morgan fingerprint density at radius 2 is 1.63 bits per heavy atom. The summed E-state index contributed by atoms with van der Waals surface area (Å²) in [5.74, 6) is -0.0561. The molecule has 0 atom stereocenters. The molecular weight excluding hydrogens is 466 g/mol. The van der Waals surface area contributed by atoms with Crippen LogP contribution < -0.4 is 0 Å². The lowest BCUT2D eigenvalue weighted by molar-refractivity contribution is -0.126. The molecule has 0 unspecified atom stereocenters. The number of hydrogen-bond donors (Lipinski definition) is 0. The summed E-state index contributed by atoms with van der Waals surface area (Å²) >= 11 is 0. The molecule has 10 heteroatoms. The van der Waals surface area contributed by atoms with Crippen molar-refractivity contribution in [3.05, 3.63) is 35.4 Å². The highest BCUT2D eigenvalue weighted by atomic mass is 32.2. The van der Waals surface area contributed by atoms with Crippen LogP contribution in [0.25, 0.3) is 0 Å². The van der Waals surface area contributed by atoms with Crippen LogP contribution in [0.1, 0.15) is 51.2 Å². The van der Waals surface area contributed by atoms with Crippen molar-refractivity contribution in [3.63, 3.8) is 0 Å². The van der Waals surface area contributed by atoms with E-state index >= 15 is 0 Å². The quantitative estimate of drug-likeness (QED) is 0.612. The minimum atomic E-state index is -3.44. The normalized spacial score (nSPS) is 21.9. The average molecular weight is 506 g/mol. The first kappa shape index (κ1) is 26.1. The molecule has 1 spiro atoms. The van der Waals surface area contributed by atoms with Gasteiger partial charge in [0.2, 0.25) is 0 Å². The van der Waals surface area contributed by atoms with Gasteiger partial charge in [-0.25, -0.2) is 0 Å². The fourth-order valence-corrected chi connectivity index (χ4v) is 6.03. The van der Waals surface area contributed by atoms with E-state index in [0.717, 1.165) is 19.6 Å². The summed E-state index contributed by atoms with van der Waals surface area (Å²) in [6.07, 6.45) is 1.51. The Hall–Kier alpha value is -2.01. The van der Waals surface area contributed by atoms with Gasteiger partial charge in [0.05, 0.1) is 0 Å². The van der Waals surface area contributed by atoms with Crippen molar-refractivity contribution in [1.29, 1.82) is 0 Å². The maximum Gasteiger partial charge on any atom is 0.281 e. The van der Waals surface area contributed by atoms with Gasteiger partial charge in [-0.2, -0.15) is 17.0 Å². The highest BCUT2D eigenvalue weighted by Gasteiger charge is 2.46. The standard InChI is InChI=1S/C25H39N5O4S/c1-24(2,3)21-8-6-20(7-9-21)19-28-14-16-29(17-15-28)23(31)22-18-25(34-26-22)10-12-30(13-11-25)35(32,33)27(4)5/h6-9H,10-19H2,1-5H3. The number of rotatable bonds is 5. The molecule has 2 saturated heterocycles. The Labute approximate surface area is 209 Å². The second kappa shape index (κ2) is 9.80. The van der Waals surface area contributed by atoms with Gasteiger partial charge < -0.3 is 9.74 Å². The molecule has 0 bridgehead atoms. The minimum Gasteiger partial charge on any atom is -0.388 e. The summed E-state index contributed by atoms with van der Waals surface area (Å²) in [6.45, 7) is 11.3. The molecule has 1 aromatic rings. The van der Waals surface area contributed by atoms with Gasteiger partial charge in [0, 0.05) is 79.2 Å². The van der Waals surface area contributed by atoms with E-state index in [9.17, 15) is 13.2 Å². The average Bonchev–Trinajstić information content (AvgIpc) is 3.22. The van der Waals surface area contributed by atoms with Crippen LogP contribution in [0.3, 0.4) is 0 Å². The summed E-state index contributed by atoms with van der Waals surface area (Å²) in [6, 6.07) is 8.83. The third-order valence-electron chi connectivity index (χ3n) is 7.39. The van der Waals surface area contributed by atoms with E-state index in [1.165, 1.54) is 33.8 Å². The van der Waals surface area contributed by atoms with Gasteiger partial charge in [0.25, 0.3) is 16.1 Å². The molecule has 1 amide bonds. The molecule has 3 heterocycles. The van der Waals surface area contributed by atoms with Crippen LogP contribution >= 0.6 is 0 Å². The summed E-state index contributed by atoms with van der Waals surface area (Å²) < 4.78 is 27.5. The number of benzene rings is 1. The monoisotopic (exact) mass is 505 g/mol. The first-order valence-electron chi connectivity index (χ1n) is 12.4. The topological polar surface area (TPSA) is 85.8 Å².